The molecular formula is C12H17N3O. The quantitative estimate of drug-likeness (QED) is 0.825. The zero-order valence-electron chi connectivity index (χ0n) is 9.52. The summed E-state index contributed by atoms with van der Waals surface area (Å²) in [6, 6.07) is 2.02. The standard InChI is InChI=1S/C12H17N3O/c1-9-2-4-11(5-3-9)15-12(16)10-6-7-13-14-8-10/h6-9,11H,2-5H2,1H3,(H,15,16). The molecule has 0 unspecified atom stereocenters. The van der Waals surface area contributed by atoms with Crippen LogP contribution in [0.2, 0.25) is 0 Å². The van der Waals surface area contributed by atoms with Crippen LogP contribution >= 0.6 is 0 Å². The molecule has 0 spiro atoms. The molecule has 1 amide bonds. The third kappa shape index (κ3) is 2.78. The van der Waals surface area contributed by atoms with E-state index in [2.05, 4.69) is 22.4 Å². The molecule has 1 aromatic rings. The number of aromatic nitrogens is 2. The van der Waals surface area contributed by atoms with Gasteiger partial charge in [0.1, 0.15) is 0 Å². The van der Waals surface area contributed by atoms with Gasteiger partial charge in [0, 0.05) is 6.04 Å². The van der Waals surface area contributed by atoms with E-state index in [-0.39, 0.29) is 5.91 Å². The van der Waals surface area contributed by atoms with Crippen molar-refractivity contribution in [2.75, 3.05) is 0 Å². The lowest BCUT2D eigenvalue weighted by Crippen LogP contribution is -2.37. The number of carbonyl (C=O) groups is 1. The minimum atomic E-state index is -0.0329. The molecule has 86 valence electrons. The summed E-state index contributed by atoms with van der Waals surface area (Å²) >= 11 is 0. The van der Waals surface area contributed by atoms with Crippen molar-refractivity contribution >= 4 is 5.91 Å². The van der Waals surface area contributed by atoms with Crippen LogP contribution in [0.15, 0.2) is 18.5 Å². The lowest BCUT2D eigenvalue weighted by Gasteiger charge is -2.26. The lowest BCUT2D eigenvalue weighted by atomic mass is 9.87. The molecule has 0 saturated heterocycles. The van der Waals surface area contributed by atoms with Crippen molar-refractivity contribution in [1.82, 2.24) is 15.5 Å². The van der Waals surface area contributed by atoms with E-state index in [1.54, 1.807) is 6.07 Å². The summed E-state index contributed by atoms with van der Waals surface area (Å²) in [4.78, 5) is 11.8. The van der Waals surface area contributed by atoms with E-state index in [0.29, 0.717) is 11.6 Å². The Morgan fingerprint density at radius 1 is 1.31 bits per heavy atom. The van der Waals surface area contributed by atoms with Crippen LogP contribution in [0.5, 0.6) is 0 Å². The van der Waals surface area contributed by atoms with E-state index in [1.807, 2.05) is 0 Å². The second-order valence-electron chi connectivity index (χ2n) is 4.56. The first-order chi connectivity index (χ1) is 7.75. The second-order valence-corrected chi connectivity index (χ2v) is 4.56. The molecule has 1 aliphatic rings. The molecule has 1 aliphatic carbocycles. The molecule has 0 radical (unpaired) electrons. The highest BCUT2D eigenvalue weighted by molar-refractivity contribution is 5.93. The van der Waals surface area contributed by atoms with Crippen LogP contribution in [0.25, 0.3) is 0 Å². The van der Waals surface area contributed by atoms with E-state index >= 15 is 0 Å². The number of nitrogens with zero attached hydrogens (tertiary/aromatic N) is 2. The molecule has 1 heterocycles. The molecule has 0 atom stereocenters. The van der Waals surface area contributed by atoms with E-state index in [9.17, 15) is 4.79 Å². The monoisotopic (exact) mass is 219 g/mol. The number of nitrogens with one attached hydrogen (secondary N) is 1. The highest BCUT2D eigenvalue weighted by Gasteiger charge is 2.20. The molecule has 0 aromatic carbocycles. The van der Waals surface area contributed by atoms with Crippen LogP contribution < -0.4 is 5.32 Å². The summed E-state index contributed by atoms with van der Waals surface area (Å²) in [5.41, 5.74) is 0.591. The van der Waals surface area contributed by atoms with Gasteiger partial charge < -0.3 is 5.32 Å². The highest BCUT2D eigenvalue weighted by Crippen LogP contribution is 2.23. The second kappa shape index (κ2) is 5.05. The number of hydrogen-bond acceptors (Lipinski definition) is 3. The zero-order chi connectivity index (χ0) is 11.4. The van der Waals surface area contributed by atoms with Crippen molar-refractivity contribution in [2.24, 2.45) is 5.92 Å². The van der Waals surface area contributed by atoms with Gasteiger partial charge in [-0.2, -0.15) is 10.2 Å². The average Bonchev–Trinajstić information content (AvgIpc) is 2.33. The zero-order valence-corrected chi connectivity index (χ0v) is 9.52. The average molecular weight is 219 g/mol. The SMILES string of the molecule is CC1CCC(NC(=O)c2ccnnc2)CC1. The molecule has 2 rings (SSSR count). The molecule has 1 N–H and O–H groups in total. The van der Waals surface area contributed by atoms with Gasteiger partial charge in [-0.1, -0.05) is 6.92 Å². The minimum Gasteiger partial charge on any atom is -0.349 e. The van der Waals surface area contributed by atoms with Gasteiger partial charge in [0.25, 0.3) is 5.91 Å². The summed E-state index contributed by atoms with van der Waals surface area (Å²) in [5.74, 6) is 0.769. The molecule has 1 saturated carbocycles. The maximum absolute atomic E-state index is 11.8. The molecular weight excluding hydrogens is 202 g/mol. The van der Waals surface area contributed by atoms with Crippen molar-refractivity contribution in [3.8, 4) is 0 Å². The normalized spacial score (nSPS) is 25.1. The topological polar surface area (TPSA) is 54.9 Å². The molecule has 16 heavy (non-hydrogen) atoms. The molecule has 1 fully saturated rings. The van der Waals surface area contributed by atoms with Crippen LogP contribution in [-0.2, 0) is 0 Å². The molecule has 4 heteroatoms. The van der Waals surface area contributed by atoms with Crippen LogP contribution in [0.4, 0.5) is 0 Å². The maximum Gasteiger partial charge on any atom is 0.253 e. The summed E-state index contributed by atoms with van der Waals surface area (Å²) in [5, 5.41) is 10.4. The van der Waals surface area contributed by atoms with Crippen LogP contribution in [-0.4, -0.2) is 22.1 Å². The predicted octanol–water partition coefficient (Wildman–Crippen LogP) is 1.79. The summed E-state index contributed by atoms with van der Waals surface area (Å²) in [7, 11) is 0. The van der Waals surface area contributed by atoms with Crippen molar-refractivity contribution in [3.05, 3.63) is 24.0 Å². The van der Waals surface area contributed by atoms with Crippen LogP contribution in [0.3, 0.4) is 0 Å². The van der Waals surface area contributed by atoms with Gasteiger partial charge in [-0.25, -0.2) is 0 Å². The molecule has 0 bridgehead atoms. The van der Waals surface area contributed by atoms with Crippen molar-refractivity contribution in [2.45, 2.75) is 38.6 Å². The minimum absolute atomic E-state index is 0.0329. The Balaban J connectivity index is 1.88. The largest absolute Gasteiger partial charge is 0.349 e. The fraction of sp³-hybridized carbons (Fsp3) is 0.583. The van der Waals surface area contributed by atoms with Gasteiger partial charge in [0.05, 0.1) is 18.0 Å². The number of rotatable bonds is 2. The number of hydrogen-bond donors (Lipinski definition) is 1. The Kier molecular flexibility index (Phi) is 3.49. The first-order valence-corrected chi connectivity index (χ1v) is 5.83. The molecule has 0 aliphatic heterocycles. The van der Waals surface area contributed by atoms with E-state index in [4.69, 9.17) is 0 Å². The predicted molar refractivity (Wildman–Crippen MR) is 60.9 cm³/mol. The smallest absolute Gasteiger partial charge is 0.253 e. The Labute approximate surface area is 95.5 Å². The number of carbonyl (C=O) groups excluding carboxylic acids is 1. The Bertz CT molecular complexity index is 345. The van der Waals surface area contributed by atoms with E-state index in [1.165, 1.54) is 25.2 Å². The Hall–Kier alpha value is -1.45. The fourth-order valence-electron chi connectivity index (χ4n) is 2.10. The Morgan fingerprint density at radius 2 is 2.06 bits per heavy atom. The van der Waals surface area contributed by atoms with Crippen molar-refractivity contribution in [3.63, 3.8) is 0 Å². The van der Waals surface area contributed by atoms with Crippen molar-refractivity contribution in [1.29, 1.82) is 0 Å². The van der Waals surface area contributed by atoms with Gasteiger partial charge in [-0.15, -0.1) is 0 Å². The fourth-order valence-corrected chi connectivity index (χ4v) is 2.10. The van der Waals surface area contributed by atoms with Gasteiger partial charge in [0.15, 0.2) is 0 Å². The van der Waals surface area contributed by atoms with Gasteiger partial charge in [0.2, 0.25) is 0 Å². The van der Waals surface area contributed by atoms with Crippen LogP contribution in [0, 0.1) is 5.92 Å². The molecule has 1 aromatic heterocycles. The first kappa shape index (κ1) is 11.0. The van der Waals surface area contributed by atoms with Crippen molar-refractivity contribution < 1.29 is 4.79 Å². The third-order valence-corrected chi connectivity index (χ3v) is 3.20. The van der Waals surface area contributed by atoms with Gasteiger partial charge in [-0.3, -0.25) is 4.79 Å². The van der Waals surface area contributed by atoms with Crippen LogP contribution in [0.1, 0.15) is 43.0 Å². The summed E-state index contributed by atoms with van der Waals surface area (Å²) in [6.45, 7) is 2.27. The van der Waals surface area contributed by atoms with Gasteiger partial charge >= 0.3 is 0 Å². The summed E-state index contributed by atoms with van der Waals surface area (Å²) < 4.78 is 0. The highest BCUT2D eigenvalue weighted by atomic mass is 16.1. The number of amides is 1. The van der Waals surface area contributed by atoms with E-state index in [0.717, 1.165) is 18.8 Å². The van der Waals surface area contributed by atoms with Gasteiger partial charge in [-0.05, 0) is 37.7 Å². The van der Waals surface area contributed by atoms with E-state index < -0.39 is 0 Å². The Morgan fingerprint density at radius 3 is 2.69 bits per heavy atom. The first-order valence-electron chi connectivity index (χ1n) is 5.83. The lowest BCUT2D eigenvalue weighted by molar-refractivity contribution is 0.0922. The maximum atomic E-state index is 11.8. The third-order valence-electron chi connectivity index (χ3n) is 3.20. The summed E-state index contributed by atoms with van der Waals surface area (Å²) in [6.07, 6.45) is 7.63. The molecule has 4 nitrogen and oxygen atoms in total.